The number of rotatable bonds is 6. The second kappa shape index (κ2) is 8.28. The molecule has 5 nitrogen and oxygen atoms in total. The molecule has 7 heteroatoms. The number of hydrogen-bond donors (Lipinski definition) is 1. The molecule has 2 aromatic heterocycles. The molecular weight excluding hydrogens is 389 g/mol. The highest BCUT2D eigenvalue weighted by Crippen LogP contribution is 2.28. The molecule has 1 amide bonds. The molecule has 0 saturated heterocycles. The second-order valence-corrected chi connectivity index (χ2v) is 7.28. The monoisotopic (exact) mass is 407 g/mol. The van der Waals surface area contributed by atoms with Gasteiger partial charge in [-0.05, 0) is 41.3 Å². The van der Waals surface area contributed by atoms with Crippen LogP contribution >= 0.6 is 11.3 Å². The molecule has 0 saturated carbocycles. The smallest absolute Gasteiger partial charge is 0.276 e. The summed E-state index contributed by atoms with van der Waals surface area (Å²) in [6.07, 6.45) is 1.67. The zero-order valence-electron chi connectivity index (χ0n) is 15.6. The van der Waals surface area contributed by atoms with Crippen molar-refractivity contribution >= 4 is 17.2 Å². The maximum atomic E-state index is 13.4. The summed E-state index contributed by atoms with van der Waals surface area (Å²) in [7, 11) is 1.50. The Morgan fingerprint density at radius 1 is 1.10 bits per heavy atom. The van der Waals surface area contributed by atoms with Gasteiger partial charge in [0.05, 0.1) is 25.0 Å². The number of amides is 1. The lowest BCUT2D eigenvalue weighted by atomic mass is 10.0. The van der Waals surface area contributed by atoms with Crippen molar-refractivity contribution < 1.29 is 13.9 Å². The summed E-state index contributed by atoms with van der Waals surface area (Å²) >= 11 is 1.51. The van der Waals surface area contributed by atoms with Gasteiger partial charge in [-0.3, -0.25) is 4.79 Å². The van der Waals surface area contributed by atoms with Gasteiger partial charge in [-0.2, -0.15) is 5.10 Å². The van der Waals surface area contributed by atoms with E-state index in [-0.39, 0.29) is 17.4 Å². The number of nitrogens with one attached hydrogen (secondary N) is 1. The number of aromatic nitrogens is 2. The van der Waals surface area contributed by atoms with Crippen LogP contribution in [-0.4, -0.2) is 22.8 Å². The van der Waals surface area contributed by atoms with Gasteiger partial charge in [0.25, 0.3) is 5.91 Å². The molecule has 1 N–H and O–H groups in total. The van der Waals surface area contributed by atoms with Crippen molar-refractivity contribution in [3.05, 3.63) is 100 Å². The van der Waals surface area contributed by atoms with E-state index in [1.807, 2.05) is 47.8 Å². The maximum Gasteiger partial charge on any atom is 0.276 e. The van der Waals surface area contributed by atoms with E-state index >= 15 is 0 Å². The summed E-state index contributed by atoms with van der Waals surface area (Å²) < 4.78 is 20.3. The Balaban J connectivity index is 1.66. The van der Waals surface area contributed by atoms with Crippen molar-refractivity contribution in [1.29, 1.82) is 0 Å². The van der Waals surface area contributed by atoms with Gasteiger partial charge in [0.1, 0.15) is 5.82 Å². The lowest BCUT2D eigenvalue weighted by Crippen LogP contribution is -2.29. The SMILES string of the molecule is COc1cn(-c2ccccc2)nc1C(=O)NC(c1ccc(F)cc1)c1cccs1. The van der Waals surface area contributed by atoms with Crippen LogP contribution in [0.3, 0.4) is 0 Å². The van der Waals surface area contributed by atoms with Crippen LogP contribution in [-0.2, 0) is 0 Å². The molecule has 2 aromatic carbocycles. The molecule has 0 aliphatic rings. The van der Waals surface area contributed by atoms with Crippen LogP contribution in [0.5, 0.6) is 5.75 Å². The Labute approximate surface area is 171 Å². The molecule has 0 fully saturated rings. The molecule has 2 heterocycles. The van der Waals surface area contributed by atoms with E-state index in [2.05, 4.69) is 10.4 Å². The Morgan fingerprint density at radius 3 is 2.52 bits per heavy atom. The van der Waals surface area contributed by atoms with E-state index in [0.29, 0.717) is 5.75 Å². The van der Waals surface area contributed by atoms with Gasteiger partial charge in [-0.1, -0.05) is 36.4 Å². The fourth-order valence-electron chi connectivity index (χ4n) is 3.01. The van der Waals surface area contributed by atoms with Gasteiger partial charge in [0.15, 0.2) is 11.4 Å². The van der Waals surface area contributed by atoms with E-state index in [1.54, 1.807) is 23.0 Å². The van der Waals surface area contributed by atoms with Crippen LogP contribution in [0.4, 0.5) is 4.39 Å². The standard InChI is InChI=1S/C22H18FN3O2S/c1-28-18-14-26(17-6-3-2-4-7-17)25-21(18)22(27)24-20(19-8-5-13-29-19)15-9-11-16(23)12-10-15/h2-14,20H,1H3,(H,24,27). The number of hydrogen-bond acceptors (Lipinski definition) is 4. The number of nitrogens with zero attached hydrogens (tertiary/aromatic N) is 2. The molecule has 4 rings (SSSR count). The van der Waals surface area contributed by atoms with Gasteiger partial charge in [0.2, 0.25) is 0 Å². The highest BCUT2D eigenvalue weighted by Gasteiger charge is 2.24. The molecule has 0 aliphatic heterocycles. The second-order valence-electron chi connectivity index (χ2n) is 6.30. The third-order valence-electron chi connectivity index (χ3n) is 4.44. The van der Waals surface area contributed by atoms with Crippen LogP contribution in [0.2, 0.25) is 0 Å². The molecule has 0 spiro atoms. The number of para-hydroxylation sites is 1. The van der Waals surface area contributed by atoms with Gasteiger partial charge in [0, 0.05) is 4.88 Å². The Kier molecular flexibility index (Phi) is 5.39. The number of ether oxygens (including phenoxy) is 1. The predicted molar refractivity (Wildman–Crippen MR) is 110 cm³/mol. The summed E-state index contributed by atoms with van der Waals surface area (Å²) in [5.41, 5.74) is 1.78. The van der Waals surface area contributed by atoms with Gasteiger partial charge < -0.3 is 10.1 Å². The first-order valence-corrected chi connectivity index (χ1v) is 9.82. The van der Waals surface area contributed by atoms with E-state index < -0.39 is 6.04 Å². The molecule has 29 heavy (non-hydrogen) atoms. The van der Waals surface area contributed by atoms with Crippen LogP contribution in [0.1, 0.15) is 27.0 Å². The first kappa shape index (κ1) is 18.9. The minimum atomic E-state index is -0.422. The minimum Gasteiger partial charge on any atom is -0.493 e. The van der Waals surface area contributed by atoms with Crippen LogP contribution in [0.15, 0.2) is 78.3 Å². The van der Waals surface area contributed by atoms with E-state index in [0.717, 1.165) is 16.1 Å². The summed E-state index contributed by atoms with van der Waals surface area (Å²) in [5.74, 6) is -0.331. The number of thiophene rings is 1. The average Bonchev–Trinajstić information content (AvgIpc) is 3.43. The topological polar surface area (TPSA) is 56.2 Å². The fraction of sp³-hybridized carbons (Fsp3) is 0.0909. The third-order valence-corrected chi connectivity index (χ3v) is 5.38. The molecule has 0 bridgehead atoms. The molecule has 146 valence electrons. The Bertz CT molecular complexity index is 1090. The Hall–Kier alpha value is -3.45. The molecule has 0 radical (unpaired) electrons. The third kappa shape index (κ3) is 4.05. The highest BCUT2D eigenvalue weighted by atomic mass is 32.1. The van der Waals surface area contributed by atoms with Crippen molar-refractivity contribution in [1.82, 2.24) is 15.1 Å². The molecule has 0 aliphatic carbocycles. The average molecular weight is 407 g/mol. The quantitative estimate of drug-likeness (QED) is 0.508. The first-order chi connectivity index (χ1) is 14.2. The van der Waals surface area contributed by atoms with Crippen molar-refractivity contribution in [2.75, 3.05) is 7.11 Å². The van der Waals surface area contributed by atoms with Crippen molar-refractivity contribution in [3.63, 3.8) is 0 Å². The lowest BCUT2D eigenvalue weighted by Gasteiger charge is -2.17. The van der Waals surface area contributed by atoms with Gasteiger partial charge >= 0.3 is 0 Å². The summed E-state index contributed by atoms with van der Waals surface area (Å²) in [4.78, 5) is 14.0. The van der Waals surface area contributed by atoms with Gasteiger partial charge in [-0.25, -0.2) is 9.07 Å². The van der Waals surface area contributed by atoms with E-state index in [4.69, 9.17) is 4.74 Å². The van der Waals surface area contributed by atoms with Crippen LogP contribution < -0.4 is 10.1 Å². The number of benzene rings is 2. The fourth-order valence-corrected chi connectivity index (χ4v) is 3.81. The highest BCUT2D eigenvalue weighted by molar-refractivity contribution is 7.10. The number of methoxy groups -OCH3 is 1. The minimum absolute atomic E-state index is 0.181. The summed E-state index contributed by atoms with van der Waals surface area (Å²) in [6.45, 7) is 0. The zero-order chi connectivity index (χ0) is 20.2. The van der Waals surface area contributed by atoms with Crippen molar-refractivity contribution in [3.8, 4) is 11.4 Å². The normalized spacial score (nSPS) is 11.8. The molecule has 1 atom stereocenters. The van der Waals surface area contributed by atoms with Crippen molar-refractivity contribution in [2.45, 2.75) is 6.04 Å². The zero-order valence-corrected chi connectivity index (χ0v) is 16.4. The molecule has 1 unspecified atom stereocenters. The van der Waals surface area contributed by atoms with Gasteiger partial charge in [-0.15, -0.1) is 11.3 Å². The van der Waals surface area contributed by atoms with Crippen LogP contribution in [0, 0.1) is 5.82 Å². The first-order valence-electron chi connectivity index (χ1n) is 8.94. The van der Waals surface area contributed by atoms with Crippen molar-refractivity contribution in [2.24, 2.45) is 0 Å². The summed E-state index contributed by atoms with van der Waals surface area (Å²) in [6, 6.07) is 19.0. The predicted octanol–water partition coefficient (Wildman–Crippen LogP) is 4.60. The van der Waals surface area contributed by atoms with E-state index in [9.17, 15) is 9.18 Å². The van der Waals surface area contributed by atoms with E-state index in [1.165, 1.54) is 30.6 Å². The maximum absolute atomic E-state index is 13.4. The molecule has 4 aromatic rings. The summed E-state index contributed by atoms with van der Waals surface area (Å²) in [5, 5.41) is 9.35. The van der Waals surface area contributed by atoms with Crippen LogP contribution in [0.25, 0.3) is 5.69 Å². The Morgan fingerprint density at radius 2 is 1.86 bits per heavy atom. The number of carbonyl (C=O) groups excluding carboxylic acids is 1. The molecular formula is C22H18FN3O2S. The lowest BCUT2D eigenvalue weighted by molar-refractivity contribution is 0.0935. The number of carbonyl (C=O) groups is 1. The number of halogens is 1. The largest absolute Gasteiger partial charge is 0.493 e.